The number of piperidine rings is 1. The highest BCUT2D eigenvalue weighted by molar-refractivity contribution is 5.63. The van der Waals surface area contributed by atoms with Crippen molar-refractivity contribution in [1.29, 1.82) is 0 Å². The van der Waals surface area contributed by atoms with Gasteiger partial charge in [0.1, 0.15) is 5.75 Å². The fourth-order valence-electron chi connectivity index (χ4n) is 4.07. The van der Waals surface area contributed by atoms with E-state index in [0.717, 1.165) is 55.1 Å². The Hall–Kier alpha value is -2.14. The zero-order valence-electron chi connectivity index (χ0n) is 15.3. The van der Waals surface area contributed by atoms with Crippen molar-refractivity contribution in [3.63, 3.8) is 0 Å². The number of aryl methyl sites for hydroxylation is 1. The van der Waals surface area contributed by atoms with E-state index in [0.29, 0.717) is 11.8 Å². The lowest BCUT2D eigenvalue weighted by molar-refractivity contribution is 0.382. The Morgan fingerprint density at radius 3 is 2.65 bits per heavy atom. The molecule has 0 aliphatic carbocycles. The molecule has 138 valence electrons. The number of benzene rings is 1. The highest BCUT2D eigenvalue weighted by Crippen LogP contribution is 2.26. The Kier molecular flexibility index (Phi) is 5.34. The maximum Gasteiger partial charge on any atom is 0.151 e. The van der Waals surface area contributed by atoms with Gasteiger partial charge in [0.15, 0.2) is 5.82 Å². The molecule has 0 radical (unpaired) electrons. The van der Waals surface area contributed by atoms with Crippen LogP contribution in [-0.4, -0.2) is 41.0 Å². The number of aromatic nitrogens is 2. The highest BCUT2D eigenvalue weighted by atomic mass is 16.3. The summed E-state index contributed by atoms with van der Waals surface area (Å²) in [5, 5.41) is 22.6. The first kappa shape index (κ1) is 17.3. The quantitative estimate of drug-likeness (QED) is 0.862. The number of aromatic hydroxyl groups is 1. The van der Waals surface area contributed by atoms with Crippen molar-refractivity contribution in [2.24, 2.45) is 0 Å². The Labute approximate surface area is 155 Å². The van der Waals surface area contributed by atoms with Crippen molar-refractivity contribution in [3.8, 4) is 17.0 Å². The van der Waals surface area contributed by atoms with Gasteiger partial charge in [0.25, 0.3) is 0 Å². The van der Waals surface area contributed by atoms with Crippen molar-refractivity contribution in [3.05, 3.63) is 35.9 Å². The van der Waals surface area contributed by atoms with E-state index < -0.39 is 0 Å². The largest absolute Gasteiger partial charge is 0.508 e. The number of hydrogen-bond acceptors (Lipinski definition) is 5. The topological polar surface area (TPSA) is 61.3 Å². The average Bonchev–Trinajstić information content (AvgIpc) is 3.22. The molecule has 1 unspecified atom stereocenters. The fourth-order valence-corrected chi connectivity index (χ4v) is 4.07. The van der Waals surface area contributed by atoms with Gasteiger partial charge >= 0.3 is 0 Å². The summed E-state index contributed by atoms with van der Waals surface area (Å²) >= 11 is 0. The van der Waals surface area contributed by atoms with Crippen LogP contribution in [0.5, 0.6) is 5.75 Å². The molecule has 0 spiro atoms. The molecule has 0 bridgehead atoms. The first-order chi connectivity index (χ1) is 12.8. The predicted octanol–water partition coefficient (Wildman–Crippen LogP) is 3.52. The number of nitrogens with one attached hydrogen (secondary N) is 1. The van der Waals surface area contributed by atoms with Gasteiger partial charge in [-0.2, -0.15) is 0 Å². The van der Waals surface area contributed by atoms with E-state index in [1.54, 1.807) is 6.07 Å². The first-order valence-electron chi connectivity index (χ1n) is 9.93. The lowest BCUT2D eigenvalue weighted by atomic mass is 9.96. The molecule has 2 saturated heterocycles. The van der Waals surface area contributed by atoms with E-state index in [4.69, 9.17) is 0 Å². The third kappa shape index (κ3) is 4.15. The first-order valence-corrected chi connectivity index (χ1v) is 9.93. The highest BCUT2D eigenvalue weighted by Gasteiger charge is 2.15. The Morgan fingerprint density at radius 1 is 1.04 bits per heavy atom. The third-order valence-corrected chi connectivity index (χ3v) is 5.55. The zero-order chi connectivity index (χ0) is 17.8. The minimum Gasteiger partial charge on any atom is -0.508 e. The molecule has 0 saturated carbocycles. The van der Waals surface area contributed by atoms with Crippen LogP contribution in [0.2, 0.25) is 0 Å². The lowest BCUT2D eigenvalue weighted by Gasteiger charge is -2.23. The summed E-state index contributed by atoms with van der Waals surface area (Å²) in [6.45, 7) is 3.27. The molecule has 26 heavy (non-hydrogen) atoms. The second-order valence-electron chi connectivity index (χ2n) is 7.54. The maximum absolute atomic E-state index is 10.1. The predicted molar refractivity (Wildman–Crippen MR) is 105 cm³/mol. The van der Waals surface area contributed by atoms with Gasteiger partial charge < -0.3 is 15.3 Å². The van der Waals surface area contributed by atoms with Crippen LogP contribution in [0.4, 0.5) is 5.82 Å². The lowest BCUT2D eigenvalue weighted by Crippen LogP contribution is -2.34. The summed E-state index contributed by atoms with van der Waals surface area (Å²) in [7, 11) is 0. The van der Waals surface area contributed by atoms with Crippen molar-refractivity contribution >= 4 is 5.82 Å². The molecular formula is C21H28N4O. The Balaban J connectivity index is 1.46. The van der Waals surface area contributed by atoms with Crippen LogP contribution < -0.4 is 10.2 Å². The number of hydrogen-bond donors (Lipinski definition) is 2. The van der Waals surface area contributed by atoms with Gasteiger partial charge in [-0.25, -0.2) is 0 Å². The van der Waals surface area contributed by atoms with Crippen LogP contribution in [0.1, 0.15) is 44.1 Å². The molecular weight excluding hydrogens is 324 g/mol. The second-order valence-corrected chi connectivity index (χ2v) is 7.54. The van der Waals surface area contributed by atoms with Gasteiger partial charge in [-0.1, -0.05) is 6.42 Å². The number of phenols is 1. The third-order valence-electron chi connectivity index (χ3n) is 5.55. The van der Waals surface area contributed by atoms with Crippen molar-refractivity contribution in [2.75, 3.05) is 24.5 Å². The maximum atomic E-state index is 10.1. The van der Waals surface area contributed by atoms with Crippen LogP contribution in [0.15, 0.2) is 30.3 Å². The van der Waals surface area contributed by atoms with Gasteiger partial charge in [-0.15, -0.1) is 10.2 Å². The fraction of sp³-hybridized carbons (Fsp3) is 0.524. The standard InChI is InChI=1S/C21H28N4O/c26-19-14-16(6-7-18-5-1-2-10-22-18)13-17(15-19)20-8-9-21(24-23-20)25-11-3-4-12-25/h8-9,13-15,18,22,26H,1-7,10-12H2. The summed E-state index contributed by atoms with van der Waals surface area (Å²) in [6.07, 6.45) is 8.42. The summed E-state index contributed by atoms with van der Waals surface area (Å²) in [5.41, 5.74) is 2.93. The molecule has 0 amide bonds. The minimum atomic E-state index is 0.305. The second kappa shape index (κ2) is 8.04. The Morgan fingerprint density at radius 2 is 1.92 bits per heavy atom. The zero-order valence-corrected chi connectivity index (χ0v) is 15.3. The number of rotatable bonds is 5. The van der Waals surface area contributed by atoms with E-state index in [9.17, 15) is 5.11 Å². The summed E-state index contributed by atoms with van der Waals surface area (Å²) < 4.78 is 0. The van der Waals surface area contributed by atoms with E-state index in [2.05, 4.69) is 26.5 Å². The minimum absolute atomic E-state index is 0.305. The summed E-state index contributed by atoms with van der Waals surface area (Å²) in [4.78, 5) is 2.28. The molecule has 1 aromatic heterocycles. The molecule has 5 heteroatoms. The molecule has 2 fully saturated rings. The van der Waals surface area contributed by atoms with Crippen molar-refractivity contribution in [1.82, 2.24) is 15.5 Å². The normalized spacial score (nSPS) is 20.5. The number of nitrogens with zero attached hydrogens (tertiary/aromatic N) is 3. The molecule has 5 nitrogen and oxygen atoms in total. The van der Waals surface area contributed by atoms with Crippen molar-refractivity contribution in [2.45, 2.75) is 51.0 Å². The molecule has 3 heterocycles. The van der Waals surface area contributed by atoms with E-state index in [1.807, 2.05) is 18.2 Å². The van der Waals surface area contributed by atoms with Gasteiger partial charge in [-0.3, -0.25) is 0 Å². The molecule has 2 aliphatic rings. The van der Waals surface area contributed by atoms with Crippen LogP contribution >= 0.6 is 0 Å². The number of anilines is 1. The van der Waals surface area contributed by atoms with Crippen LogP contribution in [-0.2, 0) is 6.42 Å². The van der Waals surface area contributed by atoms with E-state index in [-0.39, 0.29) is 0 Å². The van der Waals surface area contributed by atoms with E-state index >= 15 is 0 Å². The number of phenolic OH excluding ortho intramolecular Hbond substituents is 1. The molecule has 2 N–H and O–H groups in total. The van der Waals surface area contributed by atoms with Crippen LogP contribution in [0.25, 0.3) is 11.3 Å². The van der Waals surface area contributed by atoms with Gasteiger partial charge in [0.2, 0.25) is 0 Å². The molecule has 2 aromatic rings. The summed E-state index contributed by atoms with van der Waals surface area (Å²) in [6, 6.07) is 10.5. The van der Waals surface area contributed by atoms with Crippen molar-refractivity contribution < 1.29 is 5.11 Å². The van der Waals surface area contributed by atoms with Gasteiger partial charge in [0.05, 0.1) is 5.69 Å². The molecule has 4 rings (SSSR count). The van der Waals surface area contributed by atoms with Crippen LogP contribution in [0.3, 0.4) is 0 Å². The average molecular weight is 352 g/mol. The monoisotopic (exact) mass is 352 g/mol. The van der Waals surface area contributed by atoms with Gasteiger partial charge in [-0.05, 0) is 81.0 Å². The Bertz CT molecular complexity index is 719. The molecule has 1 atom stereocenters. The van der Waals surface area contributed by atoms with E-state index in [1.165, 1.54) is 32.1 Å². The van der Waals surface area contributed by atoms with Gasteiger partial charge in [0, 0.05) is 24.7 Å². The van der Waals surface area contributed by atoms with Crippen LogP contribution in [0, 0.1) is 0 Å². The molecule has 2 aliphatic heterocycles. The molecule has 1 aromatic carbocycles. The smallest absolute Gasteiger partial charge is 0.151 e. The SMILES string of the molecule is Oc1cc(CCC2CCCCN2)cc(-c2ccc(N3CCCC3)nn2)c1. The summed E-state index contributed by atoms with van der Waals surface area (Å²) in [5.74, 6) is 1.26.